The molecule has 1 aliphatic rings. The topological polar surface area (TPSA) is 219 Å². The molecule has 0 fully saturated rings. The van der Waals surface area contributed by atoms with E-state index in [9.17, 15) is 45.5 Å². The van der Waals surface area contributed by atoms with Gasteiger partial charge in [-0.05, 0) is 36.4 Å². The monoisotopic (exact) mass is 608 g/mol. The normalized spacial score (nSPS) is 11.9. The van der Waals surface area contributed by atoms with Crippen LogP contribution in [-0.2, 0) is 19.2 Å². The van der Waals surface area contributed by atoms with E-state index in [1.54, 1.807) is 12.1 Å². The summed E-state index contributed by atoms with van der Waals surface area (Å²) in [4.78, 5) is 66.9. The molecule has 1 aliphatic carbocycles. The number of hydrogen-bond donors (Lipinski definition) is 6. The average molecular weight is 608 g/mol. The molecule has 0 aromatic heterocycles. The molecule has 0 saturated heterocycles. The van der Waals surface area contributed by atoms with Crippen molar-refractivity contribution < 1.29 is 65.3 Å². The molecule has 0 radical (unpaired) electrons. The van der Waals surface area contributed by atoms with Gasteiger partial charge in [-0.15, -0.1) is 0 Å². The Hall–Kier alpha value is -4.84. The molecule has 12 nitrogen and oxygen atoms in total. The summed E-state index contributed by atoms with van der Waals surface area (Å²) >= 11 is 0. The van der Waals surface area contributed by atoms with Crippen molar-refractivity contribution in [3.63, 3.8) is 0 Å². The molecule has 0 atom stereocenters. The van der Waals surface area contributed by atoms with E-state index in [2.05, 4.69) is 10.6 Å². The first kappa shape index (κ1) is 35.2. The molecule has 0 unspecified atom stereocenters. The van der Waals surface area contributed by atoms with E-state index in [-0.39, 0.29) is 71.6 Å². The molecular weight excluding hydrogens is 586 g/mol. The number of rotatable bonds is 6. The number of benzene rings is 2. The fourth-order valence-corrected chi connectivity index (χ4v) is 3.02. The van der Waals surface area contributed by atoms with Gasteiger partial charge in [-0.25, -0.2) is 9.59 Å². The standard InChI is InChI=1S/C20H20N4O4.2C2HF3O2/c21-7-5-17(25)23-11-1-3-13-15(9-11)20(28)14-4-2-12(10-16(14)19(13)27)24-18(26)6-8-22;2*3-2(4,5)1(6)7/h1-4,9-10H,5-8,21-22H2,(H,23,25)(H,24,26);2*(H,6,7). The first-order valence-corrected chi connectivity index (χ1v) is 11.3. The van der Waals surface area contributed by atoms with Gasteiger partial charge in [0.25, 0.3) is 0 Å². The van der Waals surface area contributed by atoms with Crippen LogP contribution in [0.25, 0.3) is 0 Å². The minimum absolute atomic E-state index is 0.158. The van der Waals surface area contributed by atoms with E-state index >= 15 is 0 Å². The number of nitrogens with one attached hydrogen (secondary N) is 2. The van der Waals surface area contributed by atoms with Gasteiger partial charge in [-0.3, -0.25) is 19.2 Å². The number of alkyl halides is 6. The zero-order valence-electron chi connectivity index (χ0n) is 21.1. The van der Waals surface area contributed by atoms with Gasteiger partial charge in [0, 0.05) is 59.6 Å². The molecule has 8 N–H and O–H groups in total. The van der Waals surface area contributed by atoms with Gasteiger partial charge >= 0.3 is 24.3 Å². The number of aliphatic carboxylic acids is 2. The Morgan fingerprint density at radius 1 is 0.619 bits per heavy atom. The van der Waals surface area contributed by atoms with Crippen molar-refractivity contribution in [2.75, 3.05) is 23.7 Å². The van der Waals surface area contributed by atoms with E-state index in [4.69, 9.17) is 31.3 Å². The molecule has 2 aromatic rings. The minimum atomic E-state index is -5.08. The molecule has 228 valence electrons. The third-order valence-electron chi connectivity index (χ3n) is 4.81. The first-order chi connectivity index (χ1) is 19.3. The SMILES string of the molecule is NCCC(=O)Nc1ccc2c(c1)C(=O)c1ccc(NC(=O)CCN)cc1C2=O.O=C(O)C(F)(F)F.O=C(O)C(F)(F)F. The third kappa shape index (κ3) is 10.3. The third-order valence-corrected chi connectivity index (χ3v) is 4.81. The number of carboxylic acids is 2. The zero-order valence-corrected chi connectivity index (χ0v) is 21.1. The van der Waals surface area contributed by atoms with Crippen LogP contribution in [0.5, 0.6) is 0 Å². The van der Waals surface area contributed by atoms with Crippen LogP contribution in [-0.4, -0.2) is 71.0 Å². The average Bonchev–Trinajstić information content (AvgIpc) is 2.87. The Kier molecular flexibility index (Phi) is 12.3. The predicted octanol–water partition coefficient (Wildman–Crippen LogP) is 2.30. The van der Waals surface area contributed by atoms with Crippen LogP contribution in [0.3, 0.4) is 0 Å². The van der Waals surface area contributed by atoms with Crippen molar-refractivity contribution in [3.05, 3.63) is 58.7 Å². The zero-order chi connectivity index (χ0) is 32.4. The second-order valence-corrected chi connectivity index (χ2v) is 7.96. The lowest BCUT2D eigenvalue weighted by Gasteiger charge is -2.19. The Balaban J connectivity index is 0.000000522. The van der Waals surface area contributed by atoms with E-state index < -0.39 is 24.3 Å². The summed E-state index contributed by atoms with van der Waals surface area (Å²) in [6.45, 7) is 0.428. The lowest BCUT2D eigenvalue weighted by molar-refractivity contribution is -0.193. The Labute approximate surface area is 231 Å². The molecular formula is C24H22F6N4O8. The molecule has 0 heterocycles. The van der Waals surface area contributed by atoms with E-state index in [0.29, 0.717) is 11.4 Å². The summed E-state index contributed by atoms with van der Waals surface area (Å²) in [7, 11) is 0. The van der Waals surface area contributed by atoms with Crippen LogP contribution in [0.2, 0.25) is 0 Å². The van der Waals surface area contributed by atoms with Crippen LogP contribution < -0.4 is 22.1 Å². The van der Waals surface area contributed by atoms with Crippen LogP contribution in [0, 0.1) is 0 Å². The smallest absolute Gasteiger partial charge is 0.475 e. The number of carbonyl (C=O) groups is 6. The Morgan fingerprint density at radius 2 is 0.905 bits per heavy atom. The van der Waals surface area contributed by atoms with Crippen molar-refractivity contribution in [2.45, 2.75) is 25.2 Å². The van der Waals surface area contributed by atoms with E-state index in [1.165, 1.54) is 24.3 Å². The highest BCUT2D eigenvalue weighted by Gasteiger charge is 2.39. The predicted molar refractivity (Wildman–Crippen MR) is 132 cm³/mol. The highest BCUT2D eigenvalue weighted by Crippen LogP contribution is 2.31. The van der Waals surface area contributed by atoms with Crippen LogP contribution in [0.1, 0.15) is 44.7 Å². The summed E-state index contributed by atoms with van der Waals surface area (Å²) in [6.07, 6.45) is -9.85. The summed E-state index contributed by atoms with van der Waals surface area (Å²) < 4.78 is 63.5. The van der Waals surface area contributed by atoms with Gasteiger partial charge in [0.2, 0.25) is 11.8 Å². The molecule has 18 heteroatoms. The molecule has 2 aromatic carbocycles. The molecule has 3 rings (SSSR count). The number of carboxylic acid groups (broad SMARTS) is 2. The molecule has 0 aliphatic heterocycles. The van der Waals surface area contributed by atoms with Gasteiger partial charge in [0.15, 0.2) is 11.6 Å². The lowest BCUT2D eigenvalue weighted by atomic mass is 9.83. The van der Waals surface area contributed by atoms with Crippen LogP contribution >= 0.6 is 0 Å². The number of carbonyl (C=O) groups excluding carboxylic acids is 4. The van der Waals surface area contributed by atoms with E-state index in [1.807, 2.05) is 0 Å². The summed E-state index contributed by atoms with van der Waals surface area (Å²) in [6, 6.07) is 9.13. The number of ketones is 2. The maximum absolute atomic E-state index is 12.9. The number of halogens is 6. The second-order valence-electron chi connectivity index (χ2n) is 7.96. The quantitative estimate of drug-likeness (QED) is 0.224. The maximum Gasteiger partial charge on any atom is 0.490 e. The Bertz CT molecular complexity index is 1270. The largest absolute Gasteiger partial charge is 0.490 e. The lowest BCUT2D eigenvalue weighted by Crippen LogP contribution is -2.23. The number of anilines is 2. The molecule has 0 spiro atoms. The fourth-order valence-electron chi connectivity index (χ4n) is 3.02. The van der Waals surface area contributed by atoms with Crippen molar-refractivity contribution in [1.29, 1.82) is 0 Å². The van der Waals surface area contributed by atoms with Crippen molar-refractivity contribution in [3.8, 4) is 0 Å². The number of fused-ring (bicyclic) bond motifs is 2. The van der Waals surface area contributed by atoms with Gasteiger partial charge in [0.05, 0.1) is 0 Å². The second kappa shape index (κ2) is 14.7. The van der Waals surface area contributed by atoms with Crippen molar-refractivity contribution in [2.24, 2.45) is 11.5 Å². The van der Waals surface area contributed by atoms with Gasteiger partial charge < -0.3 is 32.3 Å². The van der Waals surface area contributed by atoms with Gasteiger partial charge in [-0.2, -0.15) is 26.3 Å². The van der Waals surface area contributed by atoms with Crippen molar-refractivity contribution in [1.82, 2.24) is 0 Å². The van der Waals surface area contributed by atoms with Gasteiger partial charge in [-0.1, -0.05) is 0 Å². The molecule has 0 bridgehead atoms. The van der Waals surface area contributed by atoms with Gasteiger partial charge in [0.1, 0.15) is 0 Å². The first-order valence-electron chi connectivity index (χ1n) is 11.3. The number of nitrogens with two attached hydrogens (primary N) is 2. The summed E-state index contributed by atoms with van der Waals surface area (Å²) in [5.74, 6) is -6.69. The molecule has 2 amide bonds. The van der Waals surface area contributed by atoms with Crippen molar-refractivity contribution >= 4 is 46.7 Å². The minimum Gasteiger partial charge on any atom is -0.475 e. The highest BCUT2D eigenvalue weighted by atomic mass is 19.4. The molecule has 0 saturated carbocycles. The maximum atomic E-state index is 12.9. The van der Waals surface area contributed by atoms with E-state index in [0.717, 1.165) is 0 Å². The van der Waals surface area contributed by atoms with Crippen LogP contribution in [0.15, 0.2) is 36.4 Å². The molecule has 42 heavy (non-hydrogen) atoms. The highest BCUT2D eigenvalue weighted by molar-refractivity contribution is 6.29. The fraction of sp³-hybridized carbons (Fsp3) is 0.250. The summed E-state index contributed by atoms with van der Waals surface area (Å²) in [5, 5.41) is 19.6. The van der Waals surface area contributed by atoms with Crippen LogP contribution in [0.4, 0.5) is 37.7 Å². The number of hydrogen-bond acceptors (Lipinski definition) is 8. The summed E-state index contributed by atoms with van der Waals surface area (Å²) in [5.41, 5.74) is 12.5. The Morgan fingerprint density at radius 3 is 1.14 bits per heavy atom. The number of amides is 2.